The smallest absolute Gasteiger partial charge is 0.222 e. The van der Waals surface area contributed by atoms with E-state index in [4.69, 9.17) is 0 Å². The average Bonchev–Trinajstić information content (AvgIpc) is 2.85. The van der Waals surface area contributed by atoms with Crippen LogP contribution in [0.1, 0.15) is 12.0 Å². The first-order chi connectivity index (χ1) is 9.76. The maximum atomic E-state index is 11.9. The predicted molar refractivity (Wildman–Crippen MR) is 83.9 cm³/mol. The zero-order chi connectivity index (χ0) is 13.9. The molecule has 0 radical (unpaired) electrons. The zero-order valence-corrected chi connectivity index (χ0v) is 12.8. The van der Waals surface area contributed by atoms with Crippen LogP contribution in [0.25, 0.3) is 10.9 Å². The Hall–Kier alpha value is -1.42. The molecule has 1 aliphatic rings. The topological polar surface area (TPSA) is 33.2 Å². The van der Waals surface area contributed by atoms with Crippen molar-refractivity contribution in [2.24, 2.45) is 5.92 Å². The second-order valence-corrected chi connectivity index (χ2v) is 5.99. The summed E-state index contributed by atoms with van der Waals surface area (Å²) in [4.78, 5) is 18.2. The Morgan fingerprint density at radius 3 is 3.05 bits per heavy atom. The minimum atomic E-state index is 0.289. The molecule has 104 valence electrons. The van der Waals surface area contributed by atoms with Gasteiger partial charge in [-0.25, -0.2) is 0 Å². The number of fused-ring (bicyclic) bond motifs is 1. The number of benzene rings is 1. The minimum absolute atomic E-state index is 0.289. The van der Waals surface area contributed by atoms with Crippen molar-refractivity contribution in [1.29, 1.82) is 0 Å². The van der Waals surface area contributed by atoms with Crippen molar-refractivity contribution in [2.45, 2.75) is 12.8 Å². The molecule has 1 aromatic heterocycles. The Morgan fingerprint density at radius 1 is 1.35 bits per heavy atom. The Labute approximate surface area is 127 Å². The van der Waals surface area contributed by atoms with Crippen LogP contribution in [0.2, 0.25) is 0 Å². The third-order valence-electron chi connectivity index (χ3n) is 3.85. The van der Waals surface area contributed by atoms with Crippen molar-refractivity contribution in [2.75, 3.05) is 18.4 Å². The third kappa shape index (κ3) is 2.85. The molecule has 0 N–H and O–H groups in total. The van der Waals surface area contributed by atoms with Gasteiger partial charge in [0, 0.05) is 36.4 Å². The minimum Gasteiger partial charge on any atom is -0.342 e. The summed E-state index contributed by atoms with van der Waals surface area (Å²) in [5.74, 6) is 0.764. The summed E-state index contributed by atoms with van der Waals surface area (Å²) in [5, 5.41) is 2.08. The number of aromatic nitrogens is 1. The molecule has 2 aromatic rings. The molecule has 1 amide bonds. The Bertz CT molecular complexity index is 629. The fourth-order valence-electron chi connectivity index (χ4n) is 2.72. The number of hydrogen-bond donors (Lipinski definition) is 0. The van der Waals surface area contributed by atoms with Crippen LogP contribution in [-0.4, -0.2) is 34.2 Å². The number of likely N-dealkylation sites (tertiary alicyclic amines) is 1. The lowest BCUT2D eigenvalue weighted by atomic mass is 10.1. The van der Waals surface area contributed by atoms with Crippen molar-refractivity contribution in [3.8, 4) is 0 Å². The molecular formula is C16H17BrN2O. The van der Waals surface area contributed by atoms with Crippen LogP contribution in [-0.2, 0) is 11.2 Å². The van der Waals surface area contributed by atoms with Gasteiger partial charge in [0.15, 0.2) is 0 Å². The van der Waals surface area contributed by atoms with Crippen LogP contribution >= 0.6 is 15.9 Å². The summed E-state index contributed by atoms with van der Waals surface area (Å²) in [6.45, 7) is 1.70. The summed E-state index contributed by atoms with van der Waals surface area (Å²) in [6, 6.07) is 10.4. The lowest BCUT2D eigenvalue weighted by molar-refractivity contribution is -0.127. The van der Waals surface area contributed by atoms with E-state index in [2.05, 4.69) is 45.2 Å². The van der Waals surface area contributed by atoms with Gasteiger partial charge in [0.1, 0.15) is 0 Å². The highest BCUT2D eigenvalue weighted by Gasteiger charge is 2.28. The number of carbonyl (C=O) groups is 1. The molecule has 0 spiro atoms. The standard InChI is InChI=1S/C16H17BrN2O/c17-10-13-9-16(20)19(11-13)7-5-12-3-4-15-14(8-12)2-1-6-18-15/h1-4,6,8,13H,5,7,9-11H2. The van der Waals surface area contributed by atoms with Crippen LogP contribution in [0, 0.1) is 5.92 Å². The lowest BCUT2D eigenvalue weighted by Crippen LogP contribution is -2.27. The summed E-state index contributed by atoms with van der Waals surface area (Å²) >= 11 is 3.47. The van der Waals surface area contributed by atoms with Gasteiger partial charge in [0.2, 0.25) is 5.91 Å². The number of halogens is 1. The Morgan fingerprint density at radius 2 is 2.25 bits per heavy atom. The fourth-order valence-corrected chi connectivity index (χ4v) is 3.15. The molecule has 3 rings (SSSR count). The monoisotopic (exact) mass is 332 g/mol. The van der Waals surface area contributed by atoms with E-state index in [-0.39, 0.29) is 5.91 Å². The maximum absolute atomic E-state index is 11.9. The molecule has 1 saturated heterocycles. The second-order valence-electron chi connectivity index (χ2n) is 5.34. The molecule has 0 aliphatic carbocycles. The number of carbonyl (C=O) groups excluding carboxylic acids is 1. The molecule has 20 heavy (non-hydrogen) atoms. The summed E-state index contributed by atoms with van der Waals surface area (Å²) < 4.78 is 0. The Balaban J connectivity index is 1.66. The SMILES string of the molecule is O=C1CC(CBr)CN1CCc1ccc2ncccc2c1. The Kier molecular flexibility index (Phi) is 4.01. The second kappa shape index (κ2) is 5.92. The van der Waals surface area contributed by atoms with E-state index in [1.54, 1.807) is 0 Å². The molecule has 0 bridgehead atoms. The van der Waals surface area contributed by atoms with Crippen molar-refractivity contribution >= 4 is 32.7 Å². The summed E-state index contributed by atoms with van der Waals surface area (Å²) in [6.07, 6.45) is 3.41. The van der Waals surface area contributed by atoms with Crippen LogP contribution < -0.4 is 0 Å². The molecule has 0 saturated carbocycles. The normalized spacial score (nSPS) is 18.9. The van der Waals surface area contributed by atoms with E-state index in [1.807, 2.05) is 17.2 Å². The first-order valence-electron chi connectivity index (χ1n) is 6.93. The first kappa shape index (κ1) is 13.6. The van der Waals surface area contributed by atoms with Gasteiger partial charge >= 0.3 is 0 Å². The molecule has 2 heterocycles. The molecule has 3 nitrogen and oxygen atoms in total. The quantitative estimate of drug-likeness (QED) is 0.806. The number of pyridine rings is 1. The van der Waals surface area contributed by atoms with Gasteiger partial charge in [-0.2, -0.15) is 0 Å². The lowest BCUT2D eigenvalue weighted by Gasteiger charge is -2.16. The highest BCUT2D eigenvalue weighted by Crippen LogP contribution is 2.20. The van der Waals surface area contributed by atoms with Crippen molar-refractivity contribution in [1.82, 2.24) is 9.88 Å². The van der Waals surface area contributed by atoms with Gasteiger partial charge in [-0.3, -0.25) is 9.78 Å². The highest BCUT2D eigenvalue weighted by atomic mass is 79.9. The van der Waals surface area contributed by atoms with Crippen LogP contribution in [0.3, 0.4) is 0 Å². The van der Waals surface area contributed by atoms with Crippen LogP contribution in [0.15, 0.2) is 36.5 Å². The summed E-state index contributed by atoms with van der Waals surface area (Å²) in [7, 11) is 0. The van der Waals surface area contributed by atoms with Gasteiger partial charge in [-0.15, -0.1) is 0 Å². The predicted octanol–water partition coefficient (Wildman–Crippen LogP) is 3.02. The van der Waals surface area contributed by atoms with E-state index in [0.717, 1.165) is 35.7 Å². The average molecular weight is 333 g/mol. The van der Waals surface area contributed by atoms with Gasteiger partial charge in [-0.05, 0) is 36.1 Å². The van der Waals surface area contributed by atoms with E-state index in [1.165, 1.54) is 5.56 Å². The van der Waals surface area contributed by atoms with E-state index < -0.39 is 0 Å². The van der Waals surface area contributed by atoms with Crippen LogP contribution in [0.4, 0.5) is 0 Å². The van der Waals surface area contributed by atoms with E-state index >= 15 is 0 Å². The molecule has 1 aliphatic heterocycles. The maximum Gasteiger partial charge on any atom is 0.222 e. The van der Waals surface area contributed by atoms with Crippen molar-refractivity contribution in [3.05, 3.63) is 42.1 Å². The van der Waals surface area contributed by atoms with Gasteiger partial charge < -0.3 is 4.90 Å². The number of nitrogens with zero attached hydrogens (tertiary/aromatic N) is 2. The molecule has 1 atom stereocenters. The van der Waals surface area contributed by atoms with Crippen molar-refractivity contribution < 1.29 is 4.79 Å². The fraction of sp³-hybridized carbons (Fsp3) is 0.375. The molecule has 4 heteroatoms. The molecular weight excluding hydrogens is 316 g/mol. The zero-order valence-electron chi connectivity index (χ0n) is 11.3. The first-order valence-corrected chi connectivity index (χ1v) is 8.06. The van der Waals surface area contributed by atoms with Gasteiger partial charge in [0.25, 0.3) is 0 Å². The van der Waals surface area contributed by atoms with Gasteiger partial charge in [0.05, 0.1) is 5.52 Å². The van der Waals surface area contributed by atoms with E-state index in [9.17, 15) is 4.79 Å². The highest BCUT2D eigenvalue weighted by molar-refractivity contribution is 9.09. The van der Waals surface area contributed by atoms with Crippen molar-refractivity contribution in [3.63, 3.8) is 0 Å². The van der Waals surface area contributed by atoms with Crippen LogP contribution in [0.5, 0.6) is 0 Å². The van der Waals surface area contributed by atoms with Gasteiger partial charge in [-0.1, -0.05) is 28.1 Å². The molecule has 1 fully saturated rings. The number of alkyl halides is 1. The number of amides is 1. The van der Waals surface area contributed by atoms with E-state index in [0.29, 0.717) is 12.3 Å². The summed E-state index contributed by atoms with van der Waals surface area (Å²) in [5.41, 5.74) is 2.29. The largest absolute Gasteiger partial charge is 0.342 e. The number of hydrogen-bond acceptors (Lipinski definition) is 2. The third-order valence-corrected chi connectivity index (χ3v) is 4.77. The number of rotatable bonds is 4. The molecule has 1 aromatic carbocycles. The molecule has 1 unspecified atom stereocenters.